The third-order valence-electron chi connectivity index (χ3n) is 3.06. The zero-order chi connectivity index (χ0) is 15.3. The van der Waals surface area contributed by atoms with Crippen molar-refractivity contribution in [2.75, 3.05) is 27.8 Å². The summed E-state index contributed by atoms with van der Waals surface area (Å²) in [5, 5.41) is 3.21. The van der Waals surface area contributed by atoms with E-state index >= 15 is 0 Å². The smallest absolute Gasteiger partial charge is 0.244 e. The average molecular weight is 321 g/mol. The van der Waals surface area contributed by atoms with Crippen LogP contribution in [0.5, 0.6) is 0 Å². The van der Waals surface area contributed by atoms with Crippen molar-refractivity contribution in [2.45, 2.75) is 24.4 Å². The van der Waals surface area contributed by atoms with Gasteiger partial charge in [0.1, 0.15) is 4.90 Å². The molecule has 0 saturated carbocycles. The molecule has 5 nitrogen and oxygen atoms in total. The summed E-state index contributed by atoms with van der Waals surface area (Å²) in [5.41, 5.74) is 0.864. The lowest BCUT2D eigenvalue weighted by Gasteiger charge is -2.24. The molecule has 0 saturated heterocycles. The molecule has 0 aromatic heterocycles. The molecule has 0 aliphatic carbocycles. The summed E-state index contributed by atoms with van der Waals surface area (Å²) in [4.78, 5) is 0.123. The fourth-order valence-corrected chi connectivity index (χ4v) is 3.67. The Morgan fingerprint density at radius 1 is 1.45 bits per heavy atom. The van der Waals surface area contributed by atoms with Crippen molar-refractivity contribution in [3.05, 3.63) is 28.8 Å². The molecule has 114 valence electrons. The van der Waals surface area contributed by atoms with Gasteiger partial charge in [0, 0.05) is 26.7 Å². The van der Waals surface area contributed by atoms with Gasteiger partial charge in [-0.3, -0.25) is 0 Å². The normalized spacial score (nSPS) is 13.7. The topological polar surface area (TPSA) is 58.6 Å². The summed E-state index contributed by atoms with van der Waals surface area (Å²) < 4.78 is 31.5. The number of likely N-dealkylation sites (N-methyl/N-ethyl adjacent to an activating group) is 1. The predicted octanol–water partition coefficient (Wildman–Crippen LogP) is 1.71. The fourth-order valence-electron chi connectivity index (χ4n) is 1.80. The van der Waals surface area contributed by atoms with Crippen molar-refractivity contribution in [1.29, 1.82) is 0 Å². The van der Waals surface area contributed by atoms with Crippen molar-refractivity contribution in [3.63, 3.8) is 0 Å². The summed E-state index contributed by atoms with van der Waals surface area (Å²) >= 11 is 6.05. The van der Waals surface area contributed by atoms with Gasteiger partial charge >= 0.3 is 0 Å². The first-order valence-electron chi connectivity index (χ1n) is 6.24. The highest BCUT2D eigenvalue weighted by atomic mass is 35.5. The van der Waals surface area contributed by atoms with Gasteiger partial charge < -0.3 is 10.1 Å². The molecule has 1 N–H and O–H groups in total. The van der Waals surface area contributed by atoms with E-state index in [0.29, 0.717) is 13.2 Å². The van der Waals surface area contributed by atoms with E-state index in [1.165, 1.54) is 18.5 Å². The molecule has 0 fully saturated rings. The zero-order valence-electron chi connectivity index (χ0n) is 12.2. The lowest BCUT2D eigenvalue weighted by atomic mass is 10.2. The molecule has 1 aromatic rings. The summed E-state index contributed by atoms with van der Waals surface area (Å²) in [6, 6.07) is 4.74. The van der Waals surface area contributed by atoms with E-state index in [2.05, 4.69) is 5.32 Å². The van der Waals surface area contributed by atoms with Crippen LogP contribution < -0.4 is 5.32 Å². The van der Waals surface area contributed by atoms with Gasteiger partial charge in [-0.15, -0.1) is 0 Å². The number of halogens is 1. The van der Waals surface area contributed by atoms with Gasteiger partial charge in [-0.1, -0.05) is 17.7 Å². The quantitative estimate of drug-likeness (QED) is 0.831. The molecular formula is C13H21ClN2O3S. The molecule has 7 heteroatoms. The molecule has 1 aromatic carbocycles. The third-order valence-corrected chi connectivity index (χ3v) is 5.52. The molecule has 1 atom stereocenters. The van der Waals surface area contributed by atoms with Crippen molar-refractivity contribution in [3.8, 4) is 0 Å². The largest absolute Gasteiger partial charge is 0.383 e. The van der Waals surface area contributed by atoms with Crippen LogP contribution in [0.1, 0.15) is 12.5 Å². The predicted molar refractivity (Wildman–Crippen MR) is 80.5 cm³/mol. The van der Waals surface area contributed by atoms with Gasteiger partial charge in [-0.05, 0) is 31.7 Å². The lowest BCUT2D eigenvalue weighted by molar-refractivity contribution is 0.149. The van der Waals surface area contributed by atoms with Crippen LogP contribution in [0.15, 0.2) is 23.1 Å². The Balaban J connectivity index is 3.17. The molecule has 0 amide bonds. The van der Waals surface area contributed by atoms with Gasteiger partial charge in [-0.25, -0.2) is 8.42 Å². The fraction of sp³-hybridized carbons (Fsp3) is 0.538. The first-order chi connectivity index (χ1) is 9.34. The highest BCUT2D eigenvalue weighted by Gasteiger charge is 2.27. The van der Waals surface area contributed by atoms with Gasteiger partial charge in [0.05, 0.1) is 11.6 Å². The number of nitrogens with one attached hydrogen (secondary N) is 1. The molecule has 0 aliphatic heterocycles. The number of nitrogens with zero attached hydrogens (tertiary/aromatic N) is 1. The molecule has 1 unspecified atom stereocenters. The number of benzene rings is 1. The Labute approximate surface area is 125 Å². The molecular weight excluding hydrogens is 300 g/mol. The highest BCUT2D eigenvalue weighted by Crippen LogP contribution is 2.26. The molecule has 0 bridgehead atoms. The van der Waals surface area contributed by atoms with Crippen molar-refractivity contribution in [1.82, 2.24) is 9.62 Å². The summed E-state index contributed by atoms with van der Waals surface area (Å²) in [6.07, 6.45) is 0. The Morgan fingerprint density at radius 2 is 2.10 bits per heavy atom. The summed E-state index contributed by atoms with van der Waals surface area (Å²) in [7, 11) is 1.23. The molecule has 1 rings (SSSR count). The number of hydrogen-bond acceptors (Lipinski definition) is 4. The number of methoxy groups -OCH3 is 1. The third kappa shape index (κ3) is 3.93. The van der Waals surface area contributed by atoms with Crippen LogP contribution in [0.2, 0.25) is 5.02 Å². The minimum atomic E-state index is -3.64. The maximum atomic E-state index is 12.6. The van der Waals surface area contributed by atoms with Crippen LogP contribution in [0.25, 0.3) is 0 Å². The lowest BCUT2D eigenvalue weighted by Crippen LogP contribution is -2.38. The molecule has 0 aliphatic rings. The number of ether oxygens (including phenoxy) is 1. The summed E-state index contributed by atoms with van der Waals surface area (Å²) in [6.45, 7) is 2.69. The Kier molecular flexibility index (Phi) is 6.42. The van der Waals surface area contributed by atoms with Gasteiger partial charge in [0.15, 0.2) is 0 Å². The van der Waals surface area contributed by atoms with Crippen LogP contribution in [0, 0.1) is 0 Å². The Bertz CT molecular complexity index is 549. The van der Waals surface area contributed by atoms with E-state index < -0.39 is 10.0 Å². The minimum absolute atomic E-state index is 0.123. The zero-order valence-corrected chi connectivity index (χ0v) is 13.8. The average Bonchev–Trinajstić information content (AvgIpc) is 2.40. The standard InChI is InChI=1S/C13H21ClN2O3S/c1-10(9-19-4)16(3)20(17,18)13-7-11(8-15-2)5-6-12(13)14/h5-7,10,15H,8-9H2,1-4H3. The highest BCUT2D eigenvalue weighted by molar-refractivity contribution is 7.89. The van der Waals surface area contributed by atoms with E-state index in [0.717, 1.165) is 5.56 Å². The van der Waals surface area contributed by atoms with Crippen LogP contribution in [0.4, 0.5) is 0 Å². The number of sulfonamides is 1. The molecule has 0 radical (unpaired) electrons. The molecule has 0 heterocycles. The second-order valence-electron chi connectivity index (χ2n) is 4.62. The van der Waals surface area contributed by atoms with E-state index in [1.807, 2.05) is 0 Å². The van der Waals surface area contributed by atoms with Crippen molar-refractivity contribution >= 4 is 21.6 Å². The maximum absolute atomic E-state index is 12.6. The first kappa shape index (κ1) is 17.4. The van der Waals surface area contributed by atoms with Gasteiger partial charge in [0.2, 0.25) is 10.0 Å². The van der Waals surface area contributed by atoms with Gasteiger partial charge in [0.25, 0.3) is 0 Å². The summed E-state index contributed by atoms with van der Waals surface area (Å²) in [5.74, 6) is 0. The minimum Gasteiger partial charge on any atom is -0.383 e. The van der Waals surface area contributed by atoms with E-state index in [-0.39, 0.29) is 16.0 Å². The van der Waals surface area contributed by atoms with E-state index in [9.17, 15) is 8.42 Å². The maximum Gasteiger partial charge on any atom is 0.244 e. The first-order valence-corrected chi connectivity index (χ1v) is 8.06. The second-order valence-corrected chi connectivity index (χ2v) is 6.99. The number of hydrogen-bond donors (Lipinski definition) is 1. The van der Waals surface area contributed by atoms with Crippen LogP contribution in [0.3, 0.4) is 0 Å². The Hall–Kier alpha value is -0.660. The van der Waals surface area contributed by atoms with Crippen LogP contribution >= 0.6 is 11.6 Å². The van der Waals surface area contributed by atoms with Crippen LogP contribution in [-0.2, 0) is 21.3 Å². The van der Waals surface area contributed by atoms with Gasteiger partial charge in [-0.2, -0.15) is 4.31 Å². The van der Waals surface area contributed by atoms with Crippen molar-refractivity contribution < 1.29 is 13.2 Å². The molecule has 20 heavy (non-hydrogen) atoms. The Morgan fingerprint density at radius 3 is 2.65 bits per heavy atom. The SMILES string of the molecule is CNCc1ccc(Cl)c(S(=O)(=O)N(C)C(C)COC)c1. The van der Waals surface area contributed by atoms with E-state index in [1.54, 1.807) is 32.2 Å². The second kappa shape index (κ2) is 7.38. The molecule has 0 spiro atoms. The van der Waals surface area contributed by atoms with Crippen LogP contribution in [-0.4, -0.2) is 46.6 Å². The van der Waals surface area contributed by atoms with E-state index in [4.69, 9.17) is 16.3 Å². The monoisotopic (exact) mass is 320 g/mol. The number of rotatable bonds is 7. The van der Waals surface area contributed by atoms with Crippen molar-refractivity contribution in [2.24, 2.45) is 0 Å².